The maximum atomic E-state index is 12.1. The highest BCUT2D eigenvalue weighted by Crippen LogP contribution is 2.67. The van der Waals surface area contributed by atoms with E-state index in [1.165, 1.54) is 56.9 Å². The van der Waals surface area contributed by atoms with Gasteiger partial charge in [0, 0.05) is 6.42 Å². The molecule has 0 amide bonds. The van der Waals surface area contributed by atoms with E-state index in [0.717, 1.165) is 54.8 Å². The van der Waals surface area contributed by atoms with Gasteiger partial charge in [0.2, 0.25) is 0 Å². The van der Waals surface area contributed by atoms with Gasteiger partial charge in [-0.15, -0.1) is 0 Å². The molecule has 8 atom stereocenters. The summed E-state index contributed by atoms with van der Waals surface area (Å²) >= 11 is 0. The van der Waals surface area contributed by atoms with E-state index in [4.69, 9.17) is 9.84 Å². The molecule has 0 aromatic rings. The fourth-order valence-corrected chi connectivity index (χ4v) is 9.21. The summed E-state index contributed by atoms with van der Waals surface area (Å²) in [5.41, 5.74) is 2.27. The second-order valence-electron chi connectivity index (χ2n) is 13.5. The summed E-state index contributed by atoms with van der Waals surface area (Å²) in [6.45, 7) is 12.4. The monoisotopic (exact) mass is 486 g/mol. The third-order valence-corrected chi connectivity index (χ3v) is 11.1. The Morgan fingerprint density at radius 2 is 1.80 bits per heavy atom. The number of hydrogen-bond acceptors (Lipinski definition) is 3. The molecule has 0 aliphatic heterocycles. The van der Waals surface area contributed by atoms with Crippen LogP contribution in [0.4, 0.5) is 0 Å². The van der Waals surface area contributed by atoms with E-state index in [2.05, 4.69) is 40.7 Å². The summed E-state index contributed by atoms with van der Waals surface area (Å²) in [4.78, 5) is 22.9. The second-order valence-corrected chi connectivity index (χ2v) is 13.5. The smallest absolute Gasteiger partial charge is 0.306 e. The lowest BCUT2D eigenvalue weighted by Gasteiger charge is -2.58. The average molecular weight is 487 g/mol. The lowest BCUT2D eigenvalue weighted by molar-refractivity contribution is -0.154. The molecule has 3 fully saturated rings. The van der Waals surface area contributed by atoms with Crippen LogP contribution in [0.3, 0.4) is 0 Å². The Kier molecular flexibility index (Phi) is 8.08. The van der Waals surface area contributed by atoms with Gasteiger partial charge in [-0.05, 0) is 91.3 Å². The van der Waals surface area contributed by atoms with Gasteiger partial charge in [-0.25, -0.2) is 0 Å². The zero-order valence-electron chi connectivity index (χ0n) is 23.0. The zero-order chi connectivity index (χ0) is 25.4. The predicted molar refractivity (Wildman–Crippen MR) is 140 cm³/mol. The molecule has 0 saturated heterocycles. The normalized spacial score (nSPS) is 39.3. The van der Waals surface area contributed by atoms with E-state index in [1.807, 2.05) is 0 Å². The fourth-order valence-electron chi connectivity index (χ4n) is 9.21. The van der Waals surface area contributed by atoms with Crippen LogP contribution in [0.5, 0.6) is 0 Å². The molecule has 4 aliphatic carbocycles. The molecule has 0 unspecified atom stereocenters. The Hall–Kier alpha value is -1.32. The number of fused-ring (bicyclic) bond motifs is 5. The molecule has 4 aliphatic rings. The standard InChI is InChI=1S/C31H50O4/c1-20(2)7-6-8-21(3)25-11-12-26-24-10-9-22-19-23(35-29(34)14-13-28(32)33)15-17-30(22,4)27(24)16-18-31(25,26)5/h9,20-21,23-27H,6-8,10-19H2,1-5H3,(H,32,33)/t21-,23-,24+,25+,26-,27+,30+,31-/m0/s1. The van der Waals surface area contributed by atoms with Gasteiger partial charge in [0.15, 0.2) is 0 Å². The van der Waals surface area contributed by atoms with E-state index in [9.17, 15) is 9.59 Å². The second kappa shape index (κ2) is 10.6. The molecule has 198 valence electrons. The Labute approximate surface area is 213 Å². The van der Waals surface area contributed by atoms with E-state index in [0.29, 0.717) is 5.41 Å². The van der Waals surface area contributed by atoms with Crippen molar-refractivity contribution < 1.29 is 19.4 Å². The number of hydrogen-bond donors (Lipinski definition) is 1. The molecule has 0 aromatic carbocycles. The van der Waals surface area contributed by atoms with Crippen molar-refractivity contribution in [1.82, 2.24) is 0 Å². The van der Waals surface area contributed by atoms with Crippen LogP contribution in [0, 0.1) is 46.3 Å². The summed E-state index contributed by atoms with van der Waals surface area (Å²) in [5, 5.41) is 8.84. The van der Waals surface area contributed by atoms with Crippen molar-refractivity contribution in [3.8, 4) is 0 Å². The number of carboxylic acids is 1. The first kappa shape index (κ1) is 26.7. The van der Waals surface area contributed by atoms with Gasteiger partial charge in [0.05, 0.1) is 12.8 Å². The van der Waals surface area contributed by atoms with Gasteiger partial charge in [-0.3, -0.25) is 9.59 Å². The Morgan fingerprint density at radius 3 is 2.51 bits per heavy atom. The van der Waals surface area contributed by atoms with Crippen molar-refractivity contribution in [2.75, 3.05) is 0 Å². The number of rotatable bonds is 9. The molecule has 4 rings (SSSR count). The molecule has 0 radical (unpaired) electrons. The Bertz CT molecular complexity index is 815. The van der Waals surface area contributed by atoms with E-state index >= 15 is 0 Å². The van der Waals surface area contributed by atoms with Crippen LogP contribution in [0.1, 0.15) is 118 Å². The average Bonchev–Trinajstić information content (AvgIpc) is 3.15. The van der Waals surface area contributed by atoms with Crippen LogP contribution in [-0.4, -0.2) is 23.1 Å². The number of allylic oxidation sites excluding steroid dienone is 1. The lowest BCUT2D eigenvalue weighted by Crippen LogP contribution is -2.51. The lowest BCUT2D eigenvalue weighted by atomic mass is 9.47. The summed E-state index contributed by atoms with van der Waals surface area (Å²) in [7, 11) is 0. The van der Waals surface area contributed by atoms with Gasteiger partial charge >= 0.3 is 11.9 Å². The predicted octanol–water partition coefficient (Wildman–Crippen LogP) is 7.80. The minimum Gasteiger partial charge on any atom is -0.481 e. The number of carboxylic acid groups (broad SMARTS) is 1. The summed E-state index contributed by atoms with van der Waals surface area (Å²) in [6, 6.07) is 0. The highest BCUT2D eigenvalue weighted by Gasteiger charge is 2.59. The van der Waals surface area contributed by atoms with Crippen LogP contribution >= 0.6 is 0 Å². The molecule has 3 saturated carbocycles. The van der Waals surface area contributed by atoms with Crippen LogP contribution < -0.4 is 0 Å². The van der Waals surface area contributed by atoms with E-state index in [-0.39, 0.29) is 30.3 Å². The van der Waals surface area contributed by atoms with E-state index in [1.54, 1.807) is 0 Å². The first-order valence-electron chi connectivity index (χ1n) is 14.7. The SMILES string of the molecule is CC(C)CCC[C@H](C)[C@H]1CC[C@H]2[C@H]3CC=C4C[C@@H](OC(=O)CCC(=O)O)CC[C@@]4(C)[C@@H]3CC[C@@]12C. The zero-order valence-corrected chi connectivity index (χ0v) is 23.0. The van der Waals surface area contributed by atoms with Gasteiger partial charge in [0.25, 0.3) is 0 Å². The summed E-state index contributed by atoms with van der Waals surface area (Å²) < 4.78 is 5.70. The van der Waals surface area contributed by atoms with E-state index < -0.39 is 5.97 Å². The van der Waals surface area contributed by atoms with Gasteiger partial charge in [-0.1, -0.05) is 65.5 Å². The molecule has 0 aromatic heterocycles. The molecule has 4 heteroatoms. The van der Waals surface area contributed by atoms with Crippen molar-refractivity contribution in [3.63, 3.8) is 0 Å². The first-order valence-corrected chi connectivity index (χ1v) is 14.7. The van der Waals surface area contributed by atoms with Gasteiger partial charge in [0.1, 0.15) is 6.10 Å². The molecule has 0 bridgehead atoms. The van der Waals surface area contributed by atoms with Gasteiger partial charge < -0.3 is 9.84 Å². The highest BCUT2D eigenvalue weighted by molar-refractivity contribution is 5.76. The van der Waals surface area contributed by atoms with Crippen LogP contribution in [0.25, 0.3) is 0 Å². The Morgan fingerprint density at radius 1 is 1.03 bits per heavy atom. The minimum absolute atomic E-state index is 0.0236. The van der Waals surface area contributed by atoms with Crippen LogP contribution in [0.15, 0.2) is 11.6 Å². The molecule has 1 N–H and O–H groups in total. The quantitative estimate of drug-likeness (QED) is 0.267. The first-order chi connectivity index (χ1) is 16.5. The maximum absolute atomic E-state index is 12.1. The van der Waals surface area contributed by atoms with Crippen molar-refractivity contribution in [3.05, 3.63) is 11.6 Å². The molecule has 0 heterocycles. The van der Waals surface area contributed by atoms with Crippen LogP contribution in [-0.2, 0) is 14.3 Å². The molecular weight excluding hydrogens is 436 g/mol. The highest BCUT2D eigenvalue weighted by atomic mass is 16.5. The number of carbonyl (C=O) groups is 2. The number of ether oxygens (including phenoxy) is 1. The third-order valence-electron chi connectivity index (χ3n) is 11.1. The number of aliphatic carboxylic acids is 1. The van der Waals surface area contributed by atoms with Crippen molar-refractivity contribution in [2.24, 2.45) is 46.3 Å². The van der Waals surface area contributed by atoms with Gasteiger partial charge in [-0.2, -0.15) is 0 Å². The Balaban J connectivity index is 1.40. The van der Waals surface area contributed by atoms with Crippen molar-refractivity contribution >= 4 is 11.9 Å². The number of carbonyl (C=O) groups excluding carboxylic acids is 1. The largest absolute Gasteiger partial charge is 0.481 e. The maximum Gasteiger partial charge on any atom is 0.306 e. The summed E-state index contributed by atoms with van der Waals surface area (Å²) in [5.74, 6) is 3.68. The van der Waals surface area contributed by atoms with Crippen molar-refractivity contribution in [1.29, 1.82) is 0 Å². The minimum atomic E-state index is -0.942. The van der Waals surface area contributed by atoms with Crippen molar-refractivity contribution in [2.45, 2.75) is 124 Å². The van der Waals surface area contributed by atoms with Crippen LogP contribution in [0.2, 0.25) is 0 Å². The summed E-state index contributed by atoms with van der Waals surface area (Å²) in [6.07, 6.45) is 16.0. The third kappa shape index (κ3) is 5.37. The molecule has 35 heavy (non-hydrogen) atoms. The number of esters is 1. The molecule has 4 nitrogen and oxygen atoms in total. The fraction of sp³-hybridized carbons (Fsp3) is 0.871. The molecular formula is C31H50O4. The molecule has 0 spiro atoms. The topological polar surface area (TPSA) is 63.6 Å².